The lowest BCUT2D eigenvalue weighted by Crippen LogP contribution is -2.13. The number of rotatable bonds is 4. The molecule has 0 radical (unpaired) electrons. The average molecular weight is 329 g/mol. The van der Waals surface area contributed by atoms with Crippen LogP contribution in [-0.2, 0) is 11.2 Å². The van der Waals surface area contributed by atoms with E-state index >= 15 is 0 Å². The number of para-hydroxylation sites is 1. The van der Waals surface area contributed by atoms with Gasteiger partial charge in [0.1, 0.15) is 6.33 Å². The first-order valence-electron chi connectivity index (χ1n) is 7.37. The van der Waals surface area contributed by atoms with Gasteiger partial charge in [-0.1, -0.05) is 55.9 Å². The molecule has 1 aromatic carbocycles. The van der Waals surface area contributed by atoms with Crippen molar-refractivity contribution in [3.63, 3.8) is 0 Å². The van der Waals surface area contributed by atoms with Gasteiger partial charge in [-0.3, -0.25) is 4.57 Å². The molecule has 0 bridgehead atoms. The summed E-state index contributed by atoms with van der Waals surface area (Å²) in [5.74, 6) is 1.88. The molecule has 3 rings (SSSR count). The highest BCUT2D eigenvalue weighted by atomic mass is 32.2. The van der Waals surface area contributed by atoms with Gasteiger partial charge in [0.25, 0.3) is 0 Å². The molecule has 0 atom stereocenters. The maximum atomic E-state index is 5.32. The molecule has 6 nitrogen and oxygen atoms in total. The Kier molecular flexibility index (Phi) is 4.21. The van der Waals surface area contributed by atoms with E-state index in [9.17, 15) is 0 Å². The van der Waals surface area contributed by atoms with E-state index in [-0.39, 0.29) is 5.41 Å². The largest absolute Gasteiger partial charge is 0.338 e. The van der Waals surface area contributed by atoms with Gasteiger partial charge in [-0.25, -0.2) is 0 Å². The Morgan fingerprint density at radius 2 is 2.00 bits per heavy atom. The molecule has 2 aromatic heterocycles. The van der Waals surface area contributed by atoms with Crippen LogP contribution >= 0.6 is 11.8 Å². The van der Waals surface area contributed by atoms with Gasteiger partial charge in [0.2, 0.25) is 5.89 Å². The van der Waals surface area contributed by atoms with Crippen LogP contribution in [0.5, 0.6) is 0 Å². The van der Waals surface area contributed by atoms with Crippen LogP contribution in [0.1, 0.15) is 38.0 Å². The maximum Gasteiger partial charge on any atom is 0.237 e. The van der Waals surface area contributed by atoms with Crippen LogP contribution in [0, 0.1) is 6.92 Å². The summed E-state index contributed by atoms with van der Waals surface area (Å²) in [7, 11) is 0. The predicted molar refractivity (Wildman–Crippen MR) is 88.7 cm³/mol. The molecule has 0 saturated carbocycles. The van der Waals surface area contributed by atoms with E-state index in [2.05, 4.69) is 54.1 Å². The van der Waals surface area contributed by atoms with Crippen molar-refractivity contribution in [2.75, 3.05) is 0 Å². The highest BCUT2D eigenvalue weighted by molar-refractivity contribution is 7.98. The third-order valence-corrected chi connectivity index (χ3v) is 4.28. The minimum atomic E-state index is -0.117. The fourth-order valence-electron chi connectivity index (χ4n) is 2.07. The summed E-state index contributed by atoms with van der Waals surface area (Å²) in [6.07, 6.45) is 1.72. The summed E-state index contributed by atoms with van der Waals surface area (Å²) in [6, 6.07) is 8.14. The summed E-state index contributed by atoms with van der Waals surface area (Å²) >= 11 is 1.53. The van der Waals surface area contributed by atoms with Crippen LogP contribution in [0.25, 0.3) is 5.69 Å². The molecule has 0 unspecified atom stereocenters. The molecule has 0 aliphatic heterocycles. The summed E-state index contributed by atoms with van der Waals surface area (Å²) in [5.41, 5.74) is 2.12. The average Bonchev–Trinajstić information content (AvgIpc) is 3.14. The van der Waals surface area contributed by atoms with E-state index in [4.69, 9.17) is 4.52 Å². The highest BCUT2D eigenvalue weighted by Gasteiger charge is 2.21. The van der Waals surface area contributed by atoms with E-state index in [1.807, 2.05) is 22.8 Å². The Labute approximate surface area is 139 Å². The van der Waals surface area contributed by atoms with Crippen molar-refractivity contribution in [1.82, 2.24) is 24.9 Å². The Balaban J connectivity index is 1.77. The molecule has 0 aliphatic carbocycles. The SMILES string of the molecule is Cc1ccccc1-n1cnnc1SCc1nc(C(C)(C)C)no1. The lowest BCUT2D eigenvalue weighted by Gasteiger charge is -2.10. The van der Waals surface area contributed by atoms with Crippen LogP contribution in [0.15, 0.2) is 40.3 Å². The standard InChI is InChI=1S/C16H19N5OS/c1-11-7-5-6-8-12(11)21-10-17-19-15(21)23-9-13-18-14(20-22-13)16(2,3)4/h5-8,10H,9H2,1-4H3. The summed E-state index contributed by atoms with van der Waals surface area (Å²) < 4.78 is 7.29. The second-order valence-electron chi connectivity index (χ2n) is 6.32. The van der Waals surface area contributed by atoms with Gasteiger partial charge >= 0.3 is 0 Å². The van der Waals surface area contributed by atoms with Crippen molar-refractivity contribution in [3.8, 4) is 5.69 Å². The highest BCUT2D eigenvalue weighted by Crippen LogP contribution is 2.25. The topological polar surface area (TPSA) is 69.6 Å². The van der Waals surface area contributed by atoms with Gasteiger partial charge < -0.3 is 4.52 Å². The van der Waals surface area contributed by atoms with Crippen molar-refractivity contribution in [2.45, 2.75) is 44.0 Å². The molecule has 0 amide bonds. The number of thioether (sulfide) groups is 1. The number of benzene rings is 1. The van der Waals surface area contributed by atoms with Crippen LogP contribution in [0.4, 0.5) is 0 Å². The Bertz CT molecular complexity index is 803. The van der Waals surface area contributed by atoms with Crippen molar-refractivity contribution < 1.29 is 4.52 Å². The second kappa shape index (κ2) is 6.16. The third kappa shape index (κ3) is 3.44. The molecule has 0 fully saturated rings. The van der Waals surface area contributed by atoms with Crippen molar-refractivity contribution in [1.29, 1.82) is 0 Å². The van der Waals surface area contributed by atoms with Gasteiger partial charge in [-0.15, -0.1) is 10.2 Å². The summed E-state index contributed by atoms with van der Waals surface area (Å²) in [6.45, 7) is 8.24. The van der Waals surface area contributed by atoms with E-state index in [1.165, 1.54) is 17.3 Å². The minimum absolute atomic E-state index is 0.117. The van der Waals surface area contributed by atoms with Crippen LogP contribution in [0.2, 0.25) is 0 Å². The lowest BCUT2D eigenvalue weighted by molar-refractivity contribution is 0.372. The lowest BCUT2D eigenvalue weighted by atomic mass is 9.96. The molecule has 2 heterocycles. The normalized spacial score (nSPS) is 11.8. The first-order valence-corrected chi connectivity index (χ1v) is 8.35. The molecular formula is C16H19N5OS. The predicted octanol–water partition coefficient (Wildman–Crippen LogP) is 3.55. The third-order valence-electron chi connectivity index (χ3n) is 3.36. The molecular weight excluding hydrogens is 310 g/mol. The fourth-order valence-corrected chi connectivity index (χ4v) is 2.83. The zero-order valence-corrected chi connectivity index (χ0v) is 14.5. The first-order chi connectivity index (χ1) is 10.9. The van der Waals surface area contributed by atoms with E-state index in [0.717, 1.165) is 10.8 Å². The number of hydrogen-bond acceptors (Lipinski definition) is 6. The number of hydrogen-bond donors (Lipinski definition) is 0. The van der Waals surface area contributed by atoms with Crippen molar-refractivity contribution in [2.24, 2.45) is 0 Å². The molecule has 120 valence electrons. The van der Waals surface area contributed by atoms with Gasteiger partial charge in [-0.2, -0.15) is 4.98 Å². The molecule has 3 aromatic rings. The molecule has 0 spiro atoms. The van der Waals surface area contributed by atoms with Gasteiger partial charge in [0, 0.05) is 5.41 Å². The minimum Gasteiger partial charge on any atom is -0.338 e. The van der Waals surface area contributed by atoms with Crippen LogP contribution in [0.3, 0.4) is 0 Å². The second-order valence-corrected chi connectivity index (χ2v) is 7.26. The first kappa shape index (κ1) is 15.7. The summed E-state index contributed by atoms with van der Waals surface area (Å²) in [4.78, 5) is 4.44. The monoisotopic (exact) mass is 329 g/mol. The number of aromatic nitrogens is 5. The quantitative estimate of drug-likeness (QED) is 0.682. The van der Waals surface area contributed by atoms with E-state index < -0.39 is 0 Å². The van der Waals surface area contributed by atoms with Crippen molar-refractivity contribution >= 4 is 11.8 Å². The van der Waals surface area contributed by atoms with E-state index in [1.54, 1.807) is 6.33 Å². The zero-order valence-electron chi connectivity index (χ0n) is 13.6. The Morgan fingerprint density at radius 3 is 2.70 bits per heavy atom. The van der Waals surface area contributed by atoms with Gasteiger partial charge in [0.05, 0.1) is 11.4 Å². The smallest absolute Gasteiger partial charge is 0.237 e. The molecule has 0 aliphatic rings. The molecule has 23 heavy (non-hydrogen) atoms. The molecule has 0 saturated heterocycles. The number of nitrogens with zero attached hydrogens (tertiary/aromatic N) is 5. The molecule has 0 N–H and O–H groups in total. The van der Waals surface area contributed by atoms with E-state index in [0.29, 0.717) is 17.5 Å². The van der Waals surface area contributed by atoms with Gasteiger partial charge in [0.15, 0.2) is 11.0 Å². The van der Waals surface area contributed by atoms with Gasteiger partial charge in [-0.05, 0) is 18.6 Å². The van der Waals surface area contributed by atoms with Crippen LogP contribution < -0.4 is 0 Å². The van der Waals surface area contributed by atoms with Crippen molar-refractivity contribution in [3.05, 3.63) is 47.9 Å². The summed E-state index contributed by atoms with van der Waals surface area (Å²) in [5, 5.41) is 13.1. The Morgan fingerprint density at radius 1 is 1.22 bits per heavy atom. The Hall–Kier alpha value is -2.15. The zero-order chi connectivity index (χ0) is 16.4. The number of aryl methyl sites for hydroxylation is 1. The molecule has 7 heteroatoms. The fraction of sp³-hybridized carbons (Fsp3) is 0.375. The maximum absolute atomic E-state index is 5.32. The van der Waals surface area contributed by atoms with Crippen LogP contribution in [-0.4, -0.2) is 24.9 Å².